The summed E-state index contributed by atoms with van der Waals surface area (Å²) in [6.07, 6.45) is 0.167. The average Bonchev–Trinajstić information content (AvgIpc) is 3.51. The fraction of sp³-hybridized carbons (Fsp3) is 0.259. The van der Waals surface area contributed by atoms with Crippen molar-refractivity contribution in [3.05, 3.63) is 74.4 Å². The van der Waals surface area contributed by atoms with Gasteiger partial charge in [0.25, 0.3) is 18.2 Å². The minimum absolute atomic E-state index is 0.0287. The van der Waals surface area contributed by atoms with Gasteiger partial charge in [0.1, 0.15) is 16.6 Å². The lowest BCUT2D eigenvalue weighted by atomic mass is 10.0. The van der Waals surface area contributed by atoms with Crippen molar-refractivity contribution in [3.8, 4) is 22.8 Å². The monoisotopic (exact) mass is 600 g/mol. The average molecular weight is 601 g/mol. The lowest BCUT2D eigenvalue weighted by Gasteiger charge is -2.18. The summed E-state index contributed by atoms with van der Waals surface area (Å²) >= 11 is 7.36. The molecule has 0 unspecified atom stereocenters. The number of carbonyl (C=O) groups excluding carboxylic acids is 2. The Morgan fingerprint density at radius 3 is 2.51 bits per heavy atom. The smallest absolute Gasteiger partial charge is 0.273 e. The van der Waals surface area contributed by atoms with Gasteiger partial charge in [-0.2, -0.15) is 0 Å². The lowest BCUT2D eigenvalue weighted by molar-refractivity contribution is 0.0741. The lowest BCUT2D eigenvalue weighted by Crippen LogP contribution is -2.27. The van der Waals surface area contributed by atoms with E-state index in [1.165, 1.54) is 48.9 Å². The molecule has 4 aromatic heterocycles. The van der Waals surface area contributed by atoms with Crippen LogP contribution >= 0.6 is 22.9 Å². The maximum atomic E-state index is 13.3. The molecule has 2 amide bonds. The van der Waals surface area contributed by atoms with E-state index in [1.807, 2.05) is 0 Å². The molecule has 5 rings (SSSR count). The number of methoxy groups -OCH3 is 2. The number of nitrogens with one attached hydrogen (secondary N) is 1. The van der Waals surface area contributed by atoms with Crippen molar-refractivity contribution < 1.29 is 27.8 Å². The third kappa shape index (κ3) is 5.55. The second-order valence-corrected chi connectivity index (χ2v) is 10.6. The fourth-order valence-corrected chi connectivity index (χ4v) is 5.60. The van der Waals surface area contributed by atoms with Gasteiger partial charge in [0.15, 0.2) is 5.13 Å². The van der Waals surface area contributed by atoms with Crippen LogP contribution < -0.4 is 14.8 Å². The van der Waals surface area contributed by atoms with Gasteiger partial charge in [0.2, 0.25) is 5.88 Å². The molecule has 1 N–H and O–H groups in total. The van der Waals surface area contributed by atoms with E-state index in [0.29, 0.717) is 39.0 Å². The number of fused-ring (bicyclic) bond motifs is 1. The molecule has 41 heavy (non-hydrogen) atoms. The number of pyridine rings is 3. The maximum Gasteiger partial charge on any atom is 0.273 e. The van der Waals surface area contributed by atoms with Gasteiger partial charge in [-0.15, -0.1) is 0 Å². The number of hydrogen-bond acceptors (Lipinski definition) is 9. The molecule has 1 aliphatic rings. The van der Waals surface area contributed by atoms with Crippen molar-refractivity contribution in [1.82, 2.24) is 24.8 Å². The largest absolute Gasteiger partial charge is 0.494 e. The second-order valence-electron chi connectivity index (χ2n) is 9.14. The van der Waals surface area contributed by atoms with E-state index in [-0.39, 0.29) is 40.9 Å². The Hall–Kier alpha value is -4.23. The minimum atomic E-state index is -2.78. The highest BCUT2D eigenvalue weighted by molar-refractivity contribution is 7.16. The normalized spacial score (nSPS) is 12.4. The Morgan fingerprint density at radius 1 is 1.05 bits per heavy atom. The molecule has 0 bridgehead atoms. The van der Waals surface area contributed by atoms with Crippen LogP contribution in [0.2, 0.25) is 5.15 Å². The van der Waals surface area contributed by atoms with Gasteiger partial charge in [-0.25, -0.2) is 23.7 Å². The zero-order valence-electron chi connectivity index (χ0n) is 22.3. The van der Waals surface area contributed by atoms with Crippen molar-refractivity contribution in [2.75, 3.05) is 19.5 Å². The summed E-state index contributed by atoms with van der Waals surface area (Å²) in [6.45, 7) is 3.75. The molecule has 0 aromatic carbocycles. The SMILES string of the molecule is COc1cnc(Cl)cc1-c1cc(C)ncc1C(=O)Nc1nc2c(s1)CN(C(=O)c1nc(OC)c(C(F)F)cc1C)C2. The fourth-order valence-electron chi connectivity index (χ4n) is 4.46. The molecular weight excluding hydrogens is 578 g/mol. The summed E-state index contributed by atoms with van der Waals surface area (Å²) in [4.78, 5) is 45.7. The van der Waals surface area contributed by atoms with E-state index >= 15 is 0 Å². The van der Waals surface area contributed by atoms with Crippen LogP contribution in [0.5, 0.6) is 11.6 Å². The Balaban J connectivity index is 1.35. The number of halogens is 3. The highest BCUT2D eigenvalue weighted by atomic mass is 35.5. The Labute approximate surface area is 242 Å². The van der Waals surface area contributed by atoms with Gasteiger partial charge in [-0.05, 0) is 37.6 Å². The van der Waals surface area contributed by atoms with Crippen LogP contribution in [0.15, 0.2) is 30.6 Å². The number of thiazole rings is 1. The van der Waals surface area contributed by atoms with Gasteiger partial charge < -0.3 is 14.4 Å². The van der Waals surface area contributed by atoms with Gasteiger partial charge in [-0.3, -0.25) is 19.9 Å². The van der Waals surface area contributed by atoms with Crippen molar-refractivity contribution >= 4 is 39.9 Å². The molecule has 0 atom stereocenters. The molecule has 4 aromatic rings. The number of carbonyl (C=O) groups is 2. The van der Waals surface area contributed by atoms with E-state index in [1.54, 1.807) is 26.0 Å². The number of alkyl halides is 2. The number of hydrogen-bond donors (Lipinski definition) is 1. The van der Waals surface area contributed by atoms with E-state index in [9.17, 15) is 18.4 Å². The molecule has 0 saturated heterocycles. The Kier molecular flexibility index (Phi) is 7.82. The standard InChI is InChI=1S/C27H23ClF2N6O4S/c1-12-5-16(23(29)30)25(40-4)34-22(12)26(38)36-10-18-20(11-36)41-27(33-18)35-24(37)17-8-31-13(2)6-14(17)15-7-21(28)32-9-19(15)39-3/h5-9,23H,10-11H2,1-4H3,(H,33,35,37). The quantitative estimate of drug-likeness (QED) is 0.271. The maximum absolute atomic E-state index is 13.3. The molecule has 0 radical (unpaired) electrons. The highest BCUT2D eigenvalue weighted by Crippen LogP contribution is 2.36. The molecular formula is C27H23ClF2N6O4S. The predicted molar refractivity (Wildman–Crippen MR) is 148 cm³/mol. The number of ether oxygens (including phenoxy) is 2. The molecule has 1 aliphatic heterocycles. The van der Waals surface area contributed by atoms with Crippen LogP contribution in [-0.4, -0.2) is 50.9 Å². The zero-order chi connectivity index (χ0) is 29.4. The number of anilines is 1. The first-order valence-electron chi connectivity index (χ1n) is 12.2. The first-order valence-corrected chi connectivity index (χ1v) is 13.4. The van der Waals surface area contributed by atoms with Gasteiger partial charge in [0.05, 0.1) is 55.2 Å². The first-order chi connectivity index (χ1) is 19.6. The van der Waals surface area contributed by atoms with Crippen LogP contribution in [0.25, 0.3) is 11.1 Å². The third-order valence-corrected chi connectivity index (χ3v) is 7.63. The number of rotatable bonds is 7. The van der Waals surface area contributed by atoms with E-state index < -0.39 is 18.2 Å². The molecule has 5 heterocycles. The van der Waals surface area contributed by atoms with Crippen LogP contribution in [0, 0.1) is 13.8 Å². The molecule has 0 spiro atoms. The van der Waals surface area contributed by atoms with Gasteiger partial charge >= 0.3 is 0 Å². The van der Waals surface area contributed by atoms with Crippen LogP contribution in [-0.2, 0) is 13.1 Å². The zero-order valence-corrected chi connectivity index (χ0v) is 23.9. The number of amides is 2. The molecule has 212 valence electrons. The Morgan fingerprint density at radius 2 is 1.83 bits per heavy atom. The summed E-state index contributed by atoms with van der Waals surface area (Å²) in [7, 11) is 2.73. The van der Waals surface area contributed by atoms with Crippen molar-refractivity contribution in [3.63, 3.8) is 0 Å². The summed E-state index contributed by atoms with van der Waals surface area (Å²) in [6, 6.07) is 4.58. The molecule has 0 fully saturated rings. The third-order valence-electron chi connectivity index (χ3n) is 6.43. The Bertz CT molecular complexity index is 1660. The minimum Gasteiger partial charge on any atom is -0.494 e. The summed E-state index contributed by atoms with van der Waals surface area (Å²) < 4.78 is 37.0. The van der Waals surface area contributed by atoms with Gasteiger partial charge in [0, 0.05) is 23.0 Å². The molecule has 0 saturated carbocycles. The number of aromatic nitrogens is 4. The number of nitrogens with zero attached hydrogens (tertiary/aromatic N) is 5. The van der Waals surface area contributed by atoms with E-state index in [0.717, 1.165) is 4.88 Å². The topological polar surface area (TPSA) is 119 Å². The van der Waals surface area contributed by atoms with Gasteiger partial charge in [-0.1, -0.05) is 22.9 Å². The second kappa shape index (κ2) is 11.3. The van der Waals surface area contributed by atoms with E-state index in [2.05, 4.69) is 25.3 Å². The van der Waals surface area contributed by atoms with Crippen LogP contribution in [0.1, 0.15) is 54.7 Å². The van der Waals surface area contributed by atoms with Crippen molar-refractivity contribution in [1.29, 1.82) is 0 Å². The highest BCUT2D eigenvalue weighted by Gasteiger charge is 2.31. The summed E-state index contributed by atoms with van der Waals surface area (Å²) in [5.41, 5.74) is 2.72. The summed E-state index contributed by atoms with van der Waals surface area (Å²) in [5, 5.41) is 3.42. The predicted octanol–water partition coefficient (Wildman–Crippen LogP) is 5.63. The first kappa shape index (κ1) is 28.3. The number of aryl methyl sites for hydroxylation is 2. The van der Waals surface area contributed by atoms with E-state index in [4.69, 9.17) is 21.1 Å². The van der Waals surface area contributed by atoms with Crippen LogP contribution in [0.4, 0.5) is 13.9 Å². The van der Waals surface area contributed by atoms with Crippen molar-refractivity contribution in [2.24, 2.45) is 0 Å². The molecule has 0 aliphatic carbocycles. The molecule has 10 nitrogen and oxygen atoms in total. The summed E-state index contributed by atoms with van der Waals surface area (Å²) in [5.74, 6) is -0.715. The molecule has 14 heteroatoms. The van der Waals surface area contributed by atoms with Crippen molar-refractivity contribution in [2.45, 2.75) is 33.4 Å². The van der Waals surface area contributed by atoms with Crippen LogP contribution in [0.3, 0.4) is 0 Å².